The molecule has 1 N–H and O–H groups in total. The first-order valence-electron chi connectivity index (χ1n) is 11.8. The predicted molar refractivity (Wildman–Crippen MR) is 125 cm³/mol. The summed E-state index contributed by atoms with van der Waals surface area (Å²) in [6.45, 7) is 7.55. The number of rotatable bonds is 7. The summed E-state index contributed by atoms with van der Waals surface area (Å²) in [7, 11) is 0. The largest absolute Gasteiger partial charge is 0.374 e. The summed E-state index contributed by atoms with van der Waals surface area (Å²) in [4.78, 5) is 17.8. The molecule has 2 aromatic carbocycles. The van der Waals surface area contributed by atoms with Crippen molar-refractivity contribution in [1.82, 2.24) is 4.90 Å². The average molecular weight is 420 g/mol. The fourth-order valence-electron chi connectivity index (χ4n) is 5.07. The van der Waals surface area contributed by atoms with E-state index in [1.165, 1.54) is 44.5 Å². The highest BCUT2D eigenvalue weighted by molar-refractivity contribution is 6.04. The number of benzene rings is 2. The number of ether oxygens (including phenoxy) is 1. The van der Waals surface area contributed by atoms with Gasteiger partial charge in [0, 0.05) is 42.6 Å². The molecule has 1 aliphatic carbocycles. The maximum absolute atomic E-state index is 12.6. The van der Waals surface area contributed by atoms with Gasteiger partial charge in [-0.05, 0) is 80.1 Å². The van der Waals surface area contributed by atoms with Crippen molar-refractivity contribution >= 4 is 17.3 Å². The third-order valence-electron chi connectivity index (χ3n) is 7.28. The topological polar surface area (TPSA) is 44.8 Å². The minimum absolute atomic E-state index is 0.0742. The van der Waals surface area contributed by atoms with E-state index in [1.54, 1.807) is 0 Å². The normalized spacial score (nSPS) is 23.6. The lowest BCUT2D eigenvalue weighted by Gasteiger charge is -2.27. The number of likely N-dealkylation sites (N-methyl/N-ethyl adjacent to an activating group) is 1. The fourth-order valence-corrected chi connectivity index (χ4v) is 5.07. The van der Waals surface area contributed by atoms with Crippen LogP contribution in [-0.4, -0.2) is 49.1 Å². The van der Waals surface area contributed by atoms with Crippen LogP contribution in [0.25, 0.3) is 0 Å². The number of amides is 1. The summed E-state index contributed by atoms with van der Waals surface area (Å²) in [6.07, 6.45) is 5.34. The molecule has 1 saturated carbocycles. The van der Waals surface area contributed by atoms with Crippen molar-refractivity contribution in [3.05, 3.63) is 59.7 Å². The van der Waals surface area contributed by atoms with Crippen LogP contribution in [0.4, 0.5) is 11.4 Å². The summed E-state index contributed by atoms with van der Waals surface area (Å²) in [5.41, 5.74) is 3.89. The van der Waals surface area contributed by atoms with Crippen LogP contribution in [0.1, 0.15) is 48.5 Å². The van der Waals surface area contributed by atoms with Gasteiger partial charge in [-0.15, -0.1) is 0 Å². The third-order valence-corrected chi connectivity index (χ3v) is 7.28. The van der Waals surface area contributed by atoms with Crippen molar-refractivity contribution < 1.29 is 9.53 Å². The highest BCUT2D eigenvalue weighted by Gasteiger charge is 2.40. The maximum atomic E-state index is 12.6. The van der Waals surface area contributed by atoms with Crippen LogP contribution in [0.2, 0.25) is 0 Å². The van der Waals surface area contributed by atoms with Crippen LogP contribution < -0.4 is 10.2 Å². The Kier molecular flexibility index (Phi) is 5.97. The minimum Gasteiger partial charge on any atom is -0.374 e. The van der Waals surface area contributed by atoms with E-state index in [4.69, 9.17) is 4.74 Å². The van der Waals surface area contributed by atoms with Gasteiger partial charge in [-0.2, -0.15) is 0 Å². The quantitative estimate of drug-likeness (QED) is 0.716. The lowest BCUT2D eigenvalue weighted by atomic mass is 9.96. The van der Waals surface area contributed by atoms with Gasteiger partial charge in [0.25, 0.3) is 5.91 Å². The number of nitrogens with zero attached hydrogens (tertiary/aromatic N) is 2. The van der Waals surface area contributed by atoms with Gasteiger partial charge in [0.1, 0.15) is 0 Å². The lowest BCUT2D eigenvalue weighted by molar-refractivity contribution is -0.00866. The van der Waals surface area contributed by atoms with Crippen molar-refractivity contribution in [2.75, 3.05) is 36.4 Å². The van der Waals surface area contributed by atoms with Crippen molar-refractivity contribution in [2.24, 2.45) is 5.92 Å². The molecule has 0 aromatic heterocycles. The zero-order chi connectivity index (χ0) is 21.2. The molecule has 31 heavy (non-hydrogen) atoms. The van der Waals surface area contributed by atoms with Crippen molar-refractivity contribution in [3.8, 4) is 0 Å². The van der Waals surface area contributed by atoms with Crippen LogP contribution in [0.5, 0.6) is 0 Å². The first kappa shape index (κ1) is 20.5. The molecule has 0 unspecified atom stereocenters. The molecule has 1 amide bonds. The fraction of sp³-hybridized carbons (Fsp3) is 0.500. The first-order valence-corrected chi connectivity index (χ1v) is 11.8. The molecule has 164 valence electrons. The molecule has 0 spiro atoms. The van der Waals surface area contributed by atoms with Gasteiger partial charge >= 0.3 is 0 Å². The second-order valence-electron chi connectivity index (χ2n) is 9.22. The lowest BCUT2D eigenvalue weighted by Crippen LogP contribution is -2.35. The molecule has 2 atom stereocenters. The van der Waals surface area contributed by atoms with Gasteiger partial charge in [0.15, 0.2) is 0 Å². The van der Waals surface area contributed by atoms with Gasteiger partial charge in [-0.1, -0.05) is 19.1 Å². The SMILES string of the molecule is CCN1C[C@H]2CCN(c3ccc(NC(=O)c4ccc(COC5CCC5)cc4)cc3)[C@H]2C1. The number of nitrogens with one attached hydrogen (secondary N) is 1. The molecule has 5 heteroatoms. The van der Waals surface area contributed by atoms with E-state index in [9.17, 15) is 4.79 Å². The maximum Gasteiger partial charge on any atom is 0.255 e. The molecule has 2 aromatic rings. The van der Waals surface area contributed by atoms with Crippen LogP contribution in [0.15, 0.2) is 48.5 Å². The van der Waals surface area contributed by atoms with Crippen LogP contribution >= 0.6 is 0 Å². The molecule has 3 aliphatic rings. The van der Waals surface area contributed by atoms with E-state index in [2.05, 4.69) is 34.2 Å². The van der Waals surface area contributed by atoms with Gasteiger partial charge in [0.05, 0.1) is 12.7 Å². The Bertz CT molecular complexity index is 892. The van der Waals surface area contributed by atoms with E-state index < -0.39 is 0 Å². The summed E-state index contributed by atoms with van der Waals surface area (Å²) >= 11 is 0. The Balaban J connectivity index is 1.16. The molecule has 3 fully saturated rings. The third kappa shape index (κ3) is 4.48. The molecular formula is C26H33N3O2. The van der Waals surface area contributed by atoms with E-state index in [1.807, 2.05) is 36.4 Å². The molecule has 5 nitrogen and oxygen atoms in total. The molecule has 0 bridgehead atoms. The Hall–Kier alpha value is -2.37. The van der Waals surface area contributed by atoms with Crippen molar-refractivity contribution in [1.29, 1.82) is 0 Å². The van der Waals surface area contributed by atoms with Crippen LogP contribution in [-0.2, 0) is 11.3 Å². The van der Waals surface area contributed by atoms with E-state index >= 15 is 0 Å². The first-order chi connectivity index (χ1) is 15.2. The standard InChI is InChI=1S/C26H33N3O2/c1-2-28-16-21-14-15-29(25(21)17-28)23-12-10-22(11-13-23)27-26(30)20-8-6-19(7-9-20)18-31-24-4-3-5-24/h6-13,21,24-25H,2-5,14-18H2,1H3,(H,27,30)/t21-,25+/m1/s1. The smallest absolute Gasteiger partial charge is 0.255 e. The summed E-state index contributed by atoms with van der Waals surface area (Å²) < 4.78 is 5.84. The number of anilines is 2. The molecule has 2 saturated heterocycles. The molecule has 5 rings (SSSR count). The Morgan fingerprint density at radius 1 is 1.03 bits per heavy atom. The summed E-state index contributed by atoms with van der Waals surface area (Å²) in [6, 6.07) is 16.7. The number of likely N-dealkylation sites (tertiary alicyclic amines) is 1. The highest BCUT2D eigenvalue weighted by Crippen LogP contribution is 2.35. The second-order valence-corrected chi connectivity index (χ2v) is 9.22. The zero-order valence-corrected chi connectivity index (χ0v) is 18.4. The molecular weight excluding hydrogens is 386 g/mol. The predicted octanol–water partition coefficient (Wildman–Crippen LogP) is 4.54. The van der Waals surface area contributed by atoms with Crippen molar-refractivity contribution in [2.45, 2.75) is 51.4 Å². The molecule has 0 radical (unpaired) electrons. The monoisotopic (exact) mass is 419 g/mol. The van der Waals surface area contributed by atoms with Gasteiger partial charge in [-0.25, -0.2) is 0 Å². The second kappa shape index (κ2) is 9.01. The van der Waals surface area contributed by atoms with Gasteiger partial charge in [-0.3, -0.25) is 4.79 Å². The Morgan fingerprint density at radius 2 is 1.81 bits per heavy atom. The van der Waals surface area contributed by atoms with Crippen LogP contribution in [0, 0.1) is 5.92 Å². The Labute approximate surface area is 185 Å². The van der Waals surface area contributed by atoms with E-state index in [-0.39, 0.29) is 5.91 Å². The summed E-state index contributed by atoms with van der Waals surface area (Å²) in [5.74, 6) is 0.719. The van der Waals surface area contributed by atoms with Crippen LogP contribution in [0.3, 0.4) is 0 Å². The number of carbonyl (C=O) groups is 1. The Morgan fingerprint density at radius 3 is 2.48 bits per heavy atom. The highest BCUT2D eigenvalue weighted by atomic mass is 16.5. The minimum atomic E-state index is -0.0742. The molecule has 2 aliphatic heterocycles. The number of hydrogen-bond donors (Lipinski definition) is 1. The molecule has 2 heterocycles. The van der Waals surface area contributed by atoms with Gasteiger partial charge < -0.3 is 19.9 Å². The van der Waals surface area contributed by atoms with E-state index in [0.717, 1.165) is 30.3 Å². The van der Waals surface area contributed by atoms with Gasteiger partial charge in [0.2, 0.25) is 0 Å². The van der Waals surface area contributed by atoms with Crippen molar-refractivity contribution in [3.63, 3.8) is 0 Å². The zero-order valence-electron chi connectivity index (χ0n) is 18.4. The van der Waals surface area contributed by atoms with E-state index in [0.29, 0.717) is 24.3 Å². The average Bonchev–Trinajstić information content (AvgIpc) is 3.34. The number of fused-ring (bicyclic) bond motifs is 1. The number of hydrogen-bond acceptors (Lipinski definition) is 4. The number of carbonyl (C=O) groups excluding carboxylic acids is 1. The summed E-state index contributed by atoms with van der Waals surface area (Å²) in [5, 5.41) is 3.03.